The fourth-order valence-corrected chi connectivity index (χ4v) is 2.68. The van der Waals surface area contributed by atoms with E-state index >= 15 is 0 Å². The molecule has 0 bridgehead atoms. The minimum absolute atomic E-state index is 0.0576. The summed E-state index contributed by atoms with van der Waals surface area (Å²) in [5, 5.41) is 10.4. The van der Waals surface area contributed by atoms with Crippen molar-refractivity contribution < 1.29 is 4.79 Å². The topological polar surface area (TPSA) is 129 Å². The Bertz CT molecular complexity index is 941. The van der Waals surface area contributed by atoms with Crippen LogP contribution in [0.15, 0.2) is 12.4 Å². The molecule has 0 unspecified atom stereocenters. The van der Waals surface area contributed by atoms with E-state index in [-0.39, 0.29) is 24.4 Å². The fraction of sp³-hybridized carbons (Fsp3) is 0.438. The van der Waals surface area contributed by atoms with E-state index in [1.165, 1.54) is 0 Å². The molecule has 4 N–H and O–H groups in total. The average molecular weight is 357 g/mol. The molecule has 0 spiro atoms. The molecule has 0 aliphatic rings. The van der Waals surface area contributed by atoms with Gasteiger partial charge in [0.15, 0.2) is 17.0 Å². The van der Waals surface area contributed by atoms with E-state index < -0.39 is 0 Å². The minimum atomic E-state index is -0.200. The normalized spacial score (nSPS) is 11.3. The summed E-state index contributed by atoms with van der Waals surface area (Å²) in [7, 11) is 0. The minimum Gasteiger partial charge on any atom is -0.368 e. The molecule has 1 amide bonds. The largest absolute Gasteiger partial charge is 0.368 e. The molecule has 0 fully saturated rings. The first kappa shape index (κ1) is 17.6. The van der Waals surface area contributed by atoms with Crippen LogP contribution in [-0.2, 0) is 17.9 Å². The Hall–Kier alpha value is -3.17. The van der Waals surface area contributed by atoms with Crippen LogP contribution < -0.4 is 16.4 Å². The maximum absolute atomic E-state index is 12.5. The van der Waals surface area contributed by atoms with E-state index in [4.69, 9.17) is 5.73 Å². The number of nitrogens with one attached hydrogen (secondary N) is 2. The van der Waals surface area contributed by atoms with Crippen molar-refractivity contribution >= 4 is 34.7 Å². The zero-order valence-electron chi connectivity index (χ0n) is 15.3. The third-order valence-corrected chi connectivity index (χ3v) is 3.69. The molecule has 0 aliphatic carbocycles. The van der Waals surface area contributed by atoms with Gasteiger partial charge in [0.1, 0.15) is 12.4 Å². The summed E-state index contributed by atoms with van der Waals surface area (Å²) < 4.78 is 3.39. The molecule has 0 aliphatic heterocycles. The Morgan fingerprint density at radius 2 is 2.12 bits per heavy atom. The van der Waals surface area contributed by atoms with Crippen molar-refractivity contribution in [3.63, 3.8) is 0 Å². The highest BCUT2D eigenvalue weighted by Crippen LogP contribution is 2.20. The van der Waals surface area contributed by atoms with Crippen LogP contribution >= 0.6 is 0 Å². The Balaban J connectivity index is 1.84. The van der Waals surface area contributed by atoms with Gasteiger partial charge < -0.3 is 20.9 Å². The molecule has 3 aromatic heterocycles. The quantitative estimate of drug-likeness (QED) is 0.608. The van der Waals surface area contributed by atoms with Crippen LogP contribution in [0.2, 0.25) is 0 Å². The number of carbonyl (C=O) groups excluding carboxylic acids is 1. The van der Waals surface area contributed by atoms with Crippen LogP contribution in [0.1, 0.15) is 26.5 Å². The van der Waals surface area contributed by atoms with Gasteiger partial charge in [0.05, 0.1) is 12.0 Å². The Morgan fingerprint density at radius 1 is 1.35 bits per heavy atom. The highest BCUT2D eigenvalue weighted by molar-refractivity contribution is 5.91. The smallest absolute Gasteiger partial charge is 0.245 e. The summed E-state index contributed by atoms with van der Waals surface area (Å²) in [6.07, 6.45) is 1.56. The molecule has 0 aromatic carbocycles. The molecule has 0 radical (unpaired) electrons. The maximum atomic E-state index is 12.5. The number of nitrogen functional groups attached to an aromatic ring is 1. The molecule has 10 heteroatoms. The Labute approximate surface area is 150 Å². The van der Waals surface area contributed by atoms with Crippen molar-refractivity contribution in [1.82, 2.24) is 29.3 Å². The molecule has 0 saturated carbocycles. The monoisotopic (exact) mass is 357 g/mol. The number of aromatic nitrogens is 6. The Morgan fingerprint density at radius 3 is 2.81 bits per heavy atom. The van der Waals surface area contributed by atoms with E-state index in [1.807, 2.05) is 33.8 Å². The van der Waals surface area contributed by atoms with Gasteiger partial charge in [-0.3, -0.25) is 4.79 Å². The molecular weight excluding hydrogens is 334 g/mol. The zero-order chi connectivity index (χ0) is 18.8. The molecule has 0 saturated heterocycles. The number of rotatable bonds is 6. The van der Waals surface area contributed by atoms with Crippen LogP contribution in [0.25, 0.3) is 11.2 Å². The lowest BCUT2D eigenvalue weighted by Crippen LogP contribution is -2.20. The third-order valence-electron chi connectivity index (χ3n) is 3.69. The maximum Gasteiger partial charge on any atom is 0.245 e. The molecule has 3 aromatic rings. The summed E-state index contributed by atoms with van der Waals surface area (Å²) >= 11 is 0. The van der Waals surface area contributed by atoms with E-state index in [1.54, 1.807) is 15.6 Å². The second kappa shape index (κ2) is 6.98. The van der Waals surface area contributed by atoms with Crippen molar-refractivity contribution in [1.29, 1.82) is 0 Å². The highest BCUT2D eigenvalue weighted by Gasteiger charge is 2.15. The third kappa shape index (κ3) is 3.58. The van der Waals surface area contributed by atoms with Crippen molar-refractivity contribution in [2.75, 3.05) is 16.4 Å². The van der Waals surface area contributed by atoms with Crippen LogP contribution in [0.4, 0.5) is 17.6 Å². The molecular formula is C16H23N9O. The Kier molecular flexibility index (Phi) is 4.74. The van der Waals surface area contributed by atoms with Gasteiger partial charge in [-0.1, -0.05) is 0 Å². The van der Waals surface area contributed by atoms with Gasteiger partial charge in [-0.25, -0.2) is 9.67 Å². The summed E-state index contributed by atoms with van der Waals surface area (Å²) in [5.41, 5.74) is 7.74. The van der Waals surface area contributed by atoms with Gasteiger partial charge in [-0.05, 0) is 27.7 Å². The lowest BCUT2D eigenvalue weighted by molar-refractivity contribution is -0.116. The van der Waals surface area contributed by atoms with Gasteiger partial charge in [0.2, 0.25) is 11.9 Å². The molecule has 138 valence electrons. The van der Waals surface area contributed by atoms with Gasteiger partial charge in [-0.2, -0.15) is 15.1 Å². The summed E-state index contributed by atoms with van der Waals surface area (Å²) in [6, 6.07) is 2.00. The second-order valence-corrected chi connectivity index (χ2v) is 6.31. The van der Waals surface area contributed by atoms with E-state index in [0.29, 0.717) is 29.3 Å². The summed E-state index contributed by atoms with van der Waals surface area (Å²) in [4.78, 5) is 25.2. The number of hydrogen-bond donors (Lipinski definition) is 3. The molecule has 10 nitrogen and oxygen atoms in total. The standard InChI is InChI=1S/C16H23N9O/c1-5-25-11(6-10(4)23-25)20-12(26)7-24-8-18-13-14(19-9(2)3)21-16(17)22-15(13)24/h6,8-9H,5,7H2,1-4H3,(H,20,26)(H3,17,19,21,22). The first-order valence-corrected chi connectivity index (χ1v) is 8.46. The van der Waals surface area contributed by atoms with Crippen molar-refractivity contribution in [2.45, 2.75) is 46.8 Å². The number of amides is 1. The number of hydrogen-bond acceptors (Lipinski definition) is 7. The lowest BCUT2D eigenvalue weighted by Gasteiger charge is -2.10. The van der Waals surface area contributed by atoms with Crippen molar-refractivity contribution in [3.05, 3.63) is 18.1 Å². The fourth-order valence-electron chi connectivity index (χ4n) is 2.68. The number of aryl methyl sites for hydroxylation is 2. The van der Waals surface area contributed by atoms with E-state index in [2.05, 4.69) is 30.7 Å². The van der Waals surface area contributed by atoms with Gasteiger partial charge in [0.25, 0.3) is 0 Å². The highest BCUT2D eigenvalue weighted by atomic mass is 16.2. The lowest BCUT2D eigenvalue weighted by atomic mass is 10.3. The number of nitrogens with zero attached hydrogens (tertiary/aromatic N) is 6. The van der Waals surface area contributed by atoms with E-state index in [0.717, 1.165) is 5.69 Å². The SMILES string of the molecule is CCn1nc(C)cc1NC(=O)Cn1cnc2c(NC(C)C)nc(N)nc21. The molecule has 26 heavy (non-hydrogen) atoms. The molecule has 0 atom stereocenters. The number of anilines is 3. The number of imidazole rings is 1. The van der Waals surface area contributed by atoms with Crippen molar-refractivity contribution in [2.24, 2.45) is 0 Å². The predicted molar refractivity (Wildman–Crippen MR) is 99.8 cm³/mol. The number of nitrogens with two attached hydrogens (primary N) is 1. The van der Waals surface area contributed by atoms with Crippen LogP contribution in [-0.4, -0.2) is 41.2 Å². The van der Waals surface area contributed by atoms with Crippen molar-refractivity contribution in [3.8, 4) is 0 Å². The number of fused-ring (bicyclic) bond motifs is 1. The van der Waals surface area contributed by atoms with Gasteiger partial charge >= 0.3 is 0 Å². The van der Waals surface area contributed by atoms with Crippen LogP contribution in [0.5, 0.6) is 0 Å². The van der Waals surface area contributed by atoms with Gasteiger partial charge in [0, 0.05) is 18.7 Å². The number of carbonyl (C=O) groups is 1. The second-order valence-electron chi connectivity index (χ2n) is 6.31. The van der Waals surface area contributed by atoms with Crippen LogP contribution in [0.3, 0.4) is 0 Å². The molecule has 3 heterocycles. The summed E-state index contributed by atoms with van der Waals surface area (Å²) in [6.45, 7) is 8.57. The molecule has 3 rings (SSSR count). The van der Waals surface area contributed by atoms with Gasteiger partial charge in [-0.15, -0.1) is 0 Å². The first-order chi connectivity index (χ1) is 12.4. The zero-order valence-corrected chi connectivity index (χ0v) is 15.3. The van der Waals surface area contributed by atoms with E-state index in [9.17, 15) is 4.79 Å². The predicted octanol–water partition coefficient (Wildman–Crippen LogP) is 1.39. The van der Waals surface area contributed by atoms with Crippen LogP contribution in [0, 0.1) is 6.92 Å². The average Bonchev–Trinajstić information content (AvgIpc) is 3.10. The summed E-state index contributed by atoms with van der Waals surface area (Å²) in [5.74, 6) is 1.15. The first-order valence-electron chi connectivity index (χ1n) is 8.46.